The summed E-state index contributed by atoms with van der Waals surface area (Å²) in [5, 5.41) is 3.55. The fraction of sp³-hybridized carbons (Fsp3) is 0.176. The van der Waals surface area contributed by atoms with Crippen LogP contribution in [0.15, 0.2) is 58.6 Å². The summed E-state index contributed by atoms with van der Waals surface area (Å²) in [6.07, 6.45) is 0. The molecule has 0 atom stereocenters. The van der Waals surface area contributed by atoms with E-state index in [-0.39, 0.29) is 0 Å². The van der Waals surface area contributed by atoms with E-state index in [1.807, 2.05) is 0 Å². The molecule has 2 rings (SSSR count). The molecule has 19 heavy (non-hydrogen) atoms. The van der Waals surface area contributed by atoms with Gasteiger partial charge in [0, 0.05) is 15.9 Å². The van der Waals surface area contributed by atoms with Crippen LogP contribution in [0.25, 0.3) is 5.70 Å². The number of halogens is 1. The van der Waals surface area contributed by atoms with Crippen molar-refractivity contribution in [3.63, 3.8) is 0 Å². The molecule has 0 heterocycles. The maximum absolute atomic E-state index is 3.55. The molecular weight excluding hydrogens is 298 g/mol. The van der Waals surface area contributed by atoms with Crippen molar-refractivity contribution in [1.29, 1.82) is 0 Å². The van der Waals surface area contributed by atoms with Crippen molar-refractivity contribution >= 4 is 27.3 Å². The fourth-order valence-corrected chi connectivity index (χ4v) is 2.21. The van der Waals surface area contributed by atoms with Gasteiger partial charge in [-0.05, 0) is 50.1 Å². The summed E-state index contributed by atoms with van der Waals surface area (Å²) in [5.41, 5.74) is 6.04. The first-order valence-electron chi connectivity index (χ1n) is 6.34. The Morgan fingerprint density at radius 3 is 2.16 bits per heavy atom. The molecule has 0 saturated carbocycles. The van der Waals surface area contributed by atoms with Crippen molar-refractivity contribution < 1.29 is 0 Å². The minimum Gasteiger partial charge on any atom is -0.355 e. The lowest BCUT2D eigenvalue weighted by Gasteiger charge is -2.15. The number of hydrogen-bond donors (Lipinski definition) is 1. The molecule has 0 bridgehead atoms. The number of hydrogen-bond acceptors (Lipinski definition) is 1. The smallest absolute Gasteiger partial charge is 0.0444 e. The van der Waals surface area contributed by atoms with E-state index < -0.39 is 0 Å². The number of rotatable bonds is 3. The monoisotopic (exact) mass is 315 g/mol. The molecule has 0 aliphatic carbocycles. The third kappa shape index (κ3) is 3.48. The quantitative estimate of drug-likeness (QED) is 0.775. The van der Waals surface area contributed by atoms with Gasteiger partial charge in [-0.15, -0.1) is 0 Å². The summed E-state index contributed by atoms with van der Waals surface area (Å²) in [6, 6.07) is 16.7. The highest BCUT2D eigenvalue weighted by Gasteiger charge is 2.05. The Bertz CT molecular complexity index is 593. The van der Waals surface area contributed by atoms with Crippen LogP contribution >= 0.6 is 15.9 Å². The van der Waals surface area contributed by atoms with Crippen molar-refractivity contribution in [3.05, 3.63) is 69.7 Å². The molecule has 1 nitrogen and oxygen atoms in total. The van der Waals surface area contributed by atoms with Gasteiger partial charge >= 0.3 is 0 Å². The summed E-state index contributed by atoms with van der Waals surface area (Å²) < 4.78 is 1.10. The van der Waals surface area contributed by atoms with E-state index in [2.05, 4.69) is 90.5 Å². The Kier molecular flexibility index (Phi) is 4.43. The van der Waals surface area contributed by atoms with Crippen molar-refractivity contribution in [2.75, 3.05) is 5.32 Å². The number of para-hydroxylation sites is 1. The molecule has 2 aromatic carbocycles. The highest BCUT2D eigenvalue weighted by molar-refractivity contribution is 9.10. The number of benzene rings is 2. The molecule has 0 aliphatic rings. The van der Waals surface area contributed by atoms with Gasteiger partial charge in [0.15, 0.2) is 0 Å². The van der Waals surface area contributed by atoms with Gasteiger partial charge in [-0.1, -0.05) is 51.8 Å². The first kappa shape index (κ1) is 13.9. The molecule has 1 N–H and O–H groups in total. The van der Waals surface area contributed by atoms with E-state index in [1.54, 1.807) is 0 Å². The van der Waals surface area contributed by atoms with Gasteiger partial charge in [-0.25, -0.2) is 0 Å². The van der Waals surface area contributed by atoms with Crippen molar-refractivity contribution in [3.8, 4) is 0 Å². The van der Waals surface area contributed by atoms with E-state index >= 15 is 0 Å². The Morgan fingerprint density at radius 2 is 1.58 bits per heavy atom. The minimum atomic E-state index is 1.10. The third-order valence-electron chi connectivity index (χ3n) is 3.04. The highest BCUT2D eigenvalue weighted by atomic mass is 79.9. The van der Waals surface area contributed by atoms with Crippen LogP contribution in [0.1, 0.15) is 25.0 Å². The van der Waals surface area contributed by atoms with Crippen molar-refractivity contribution in [1.82, 2.24) is 0 Å². The summed E-state index contributed by atoms with van der Waals surface area (Å²) >= 11 is 3.47. The van der Waals surface area contributed by atoms with E-state index in [0.29, 0.717) is 0 Å². The minimum absolute atomic E-state index is 1.10. The Labute approximate surface area is 123 Å². The van der Waals surface area contributed by atoms with Gasteiger partial charge in [0.1, 0.15) is 0 Å². The van der Waals surface area contributed by atoms with Crippen LogP contribution < -0.4 is 5.32 Å². The van der Waals surface area contributed by atoms with Crippen molar-refractivity contribution in [2.24, 2.45) is 0 Å². The summed E-state index contributed by atoms with van der Waals surface area (Å²) in [6.45, 7) is 6.37. The first-order chi connectivity index (χ1) is 9.08. The van der Waals surface area contributed by atoms with Crippen LogP contribution in [0.3, 0.4) is 0 Å². The largest absolute Gasteiger partial charge is 0.355 e. The number of anilines is 1. The highest BCUT2D eigenvalue weighted by Crippen LogP contribution is 2.25. The fourth-order valence-electron chi connectivity index (χ4n) is 1.95. The third-order valence-corrected chi connectivity index (χ3v) is 3.57. The van der Waals surface area contributed by atoms with Gasteiger partial charge in [0.2, 0.25) is 0 Å². The number of nitrogens with one attached hydrogen (secondary N) is 1. The van der Waals surface area contributed by atoms with Crippen LogP contribution in [0, 0.1) is 6.92 Å². The molecule has 2 aromatic rings. The lowest BCUT2D eigenvalue weighted by Crippen LogP contribution is -2.02. The average Bonchev–Trinajstić information content (AvgIpc) is 2.39. The molecule has 98 valence electrons. The summed E-state index contributed by atoms with van der Waals surface area (Å²) in [4.78, 5) is 0. The SMILES string of the molecule is CC(C)=C(Nc1ccccc1C)c1ccc(Br)cc1. The molecule has 2 heteroatoms. The Balaban J connectivity index is 2.36. The average molecular weight is 316 g/mol. The molecule has 0 aromatic heterocycles. The topological polar surface area (TPSA) is 12.0 Å². The second-order valence-corrected chi connectivity index (χ2v) is 5.74. The van der Waals surface area contributed by atoms with Crippen LogP contribution in [0.4, 0.5) is 5.69 Å². The standard InChI is InChI=1S/C17H18BrN/c1-12(2)17(14-8-10-15(18)11-9-14)19-16-7-5-4-6-13(16)3/h4-11,19H,1-3H3. The zero-order chi connectivity index (χ0) is 13.8. The van der Waals surface area contributed by atoms with Crippen LogP contribution in [0.2, 0.25) is 0 Å². The van der Waals surface area contributed by atoms with Crippen LogP contribution in [-0.4, -0.2) is 0 Å². The first-order valence-corrected chi connectivity index (χ1v) is 7.13. The molecule has 0 unspecified atom stereocenters. The molecule has 0 amide bonds. The van der Waals surface area contributed by atoms with E-state index in [0.717, 1.165) is 10.2 Å². The van der Waals surface area contributed by atoms with Gasteiger partial charge in [0.05, 0.1) is 0 Å². The van der Waals surface area contributed by atoms with E-state index in [9.17, 15) is 0 Å². The maximum Gasteiger partial charge on any atom is 0.0444 e. The van der Waals surface area contributed by atoms with Gasteiger partial charge in [-0.3, -0.25) is 0 Å². The lowest BCUT2D eigenvalue weighted by atomic mass is 10.1. The van der Waals surface area contributed by atoms with E-state index in [1.165, 1.54) is 22.4 Å². The summed E-state index contributed by atoms with van der Waals surface area (Å²) in [5.74, 6) is 0. The molecule has 0 spiro atoms. The van der Waals surface area contributed by atoms with Crippen molar-refractivity contribution in [2.45, 2.75) is 20.8 Å². The van der Waals surface area contributed by atoms with E-state index in [4.69, 9.17) is 0 Å². The maximum atomic E-state index is 3.55. The molecule has 0 fully saturated rings. The number of allylic oxidation sites excluding steroid dienone is 1. The Hall–Kier alpha value is -1.54. The zero-order valence-corrected chi connectivity index (χ0v) is 13.1. The second kappa shape index (κ2) is 6.07. The number of aryl methyl sites for hydroxylation is 1. The Morgan fingerprint density at radius 1 is 0.947 bits per heavy atom. The molecule has 0 saturated heterocycles. The van der Waals surface area contributed by atoms with Crippen LogP contribution in [0.5, 0.6) is 0 Å². The van der Waals surface area contributed by atoms with Gasteiger partial charge < -0.3 is 5.32 Å². The second-order valence-electron chi connectivity index (χ2n) is 4.82. The predicted molar refractivity (Wildman–Crippen MR) is 87.2 cm³/mol. The molecule has 0 radical (unpaired) electrons. The normalized spacial score (nSPS) is 10.1. The molecular formula is C17H18BrN. The van der Waals surface area contributed by atoms with Crippen LogP contribution in [-0.2, 0) is 0 Å². The molecule has 0 aliphatic heterocycles. The van der Waals surface area contributed by atoms with Gasteiger partial charge in [-0.2, -0.15) is 0 Å². The summed E-state index contributed by atoms with van der Waals surface area (Å²) in [7, 11) is 0. The lowest BCUT2D eigenvalue weighted by molar-refractivity contribution is 1.34. The zero-order valence-electron chi connectivity index (χ0n) is 11.5. The predicted octanol–water partition coefficient (Wildman–Crippen LogP) is 5.62. The van der Waals surface area contributed by atoms with Gasteiger partial charge in [0.25, 0.3) is 0 Å².